The van der Waals surface area contributed by atoms with Crippen molar-refractivity contribution in [1.29, 1.82) is 0 Å². The van der Waals surface area contributed by atoms with Gasteiger partial charge in [-0.2, -0.15) is 0 Å². The Bertz CT molecular complexity index is 480. The van der Waals surface area contributed by atoms with Crippen LogP contribution in [0, 0.1) is 0 Å². The number of benzene rings is 1. The number of aliphatic carboxylic acids is 1. The summed E-state index contributed by atoms with van der Waals surface area (Å²) in [5, 5.41) is 9.43. The van der Waals surface area contributed by atoms with E-state index in [9.17, 15) is 9.90 Å². The maximum Gasteiger partial charge on any atom is 0.314 e. The van der Waals surface area contributed by atoms with Crippen LogP contribution in [0.4, 0.5) is 0 Å². The van der Waals surface area contributed by atoms with Gasteiger partial charge in [-0.15, -0.1) is 0 Å². The molecular formula is C13H15BrO4. The highest BCUT2D eigenvalue weighted by molar-refractivity contribution is 9.10. The quantitative estimate of drug-likeness (QED) is 0.908. The SMILES string of the molecule is COCc1cc(Br)cc(OC)c1C1(C(=O)O)CC1. The summed E-state index contributed by atoms with van der Waals surface area (Å²) in [5.41, 5.74) is 0.825. The fourth-order valence-electron chi connectivity index (χ4n) is 2.31. The zero-order chi connectivity index (χ0) is 13.3. The summed E-state index contributed by atoms with van der Waals surface area (Å²) in [4.78, 5) is 11.5. The molecule has 0 heterocycles. The summed E-state index contributed by atoms with van der Waals surface area (Å²) in [7, 11) is 3.15. The van der Waals surface area contributed by atoms with E-state index in [1.54, 1.807) is 20.3 Å². The Morgan fingerprint density at radius 2 is 2.11 bits per heavy atom. The van der Waals surface area contributed by atoms with Gasteiger partial charge in [-0.3, -0.25) is 4.79 Å². The summed E-state index contributed by atoms with van der Waals surface area (Å²) in [6, 6.07) is 3.70. The molecule has 0 aliphatic heterocycles. The topological polar surface area (TPSA) is 55.8 Å². The van der Waals surface area contributed by atoms with Crippen molar-refractivity contribution >= 4 is 21.9 Å². The zero-order valence-corrected chi connectivity index (χ0v) is 11.9. The Balaban J connectivity index is 2.59. The molecule has 4 nitrogen and oxygen atoms in total. The summed E-state index contributed by atoms with van der Waals surface area (Å²) in [5.74, 6) is -0.184. The Morgan fingerprint density at radius 3 is 2.56 bits per heavy atom. The molecule has 0 atom stereocenters. The summed E-state index contributed by atoms with van der Waals surface area (Å²) < 4.78 is 11.4. The molecule has 0 radical (unpaired) electrons. The molecule has 2 rings (SSSR count). The molecule has 1 aliphatic rings. The molecule has 18 heavy (non-hydrogen) atoms. The van der Waals surface area contributed by atoms with Crippen LogP contribution in [-0.2, 0) is 21.6 Å². The molecule has 98 valence electrons. The van der Waals surface area contributed by atoms with Gasteiger partial charge >= 0.3 is 5.97 Å². The molecule has 1 saturated carbocycles. The largest absolute Gasteiger partial charge is 0.496 e. The van der Waals surface area contributed by atoms with E-state index < -0.39 is 11.4 Å². The van der Waals surface area contributed by atoms with Gasteiger partial charge in [-0.05, 0) is 30.5 Å². The molecule has 0 saturated heterocycles. The third-order valence-corrected chi connectivity index (χ3v) is 3.76. The minimum atomic E-state index is -0.792. The van der Waals surface area contributed by atoms with Crippen LogP contribution in [0.3, 0.4) is 0 Å². The first kappa shape index (κ1) is 13.4. The lowest BCUT2D eigenvalue weighted by Crippen LogP contribution is -2.22. The number of carboxylic acid groups (broad SMARTS) is 1. The van der Waals surface area contributed by atoms with Crippen molar-refractivity contribution < 1.29 is 19.4 Å². The minimum absolute atomic E-state index is 0.375. The van der Waals surface area contributed by atoms with Gasteiger partial charge in [0.2, 0.25) is 0 Å². The highest BCUT2D eigenvalue weighted by atomic mass is 79.9. The van der Waals surface area contributed by atoms with Gasteiger partial charge in [-0.25, -0.2) is 0 Å². The van der Waals surface area contributed by atoms with Crippen LogP contribution in [0.2, 0.25) is 0 Å². The van der Waals surface area contributed by atoms with Crippen molar-refractivity contribution in [3.8, 4) is 5.75 Å². The molecule has 1 aromatic rings. The van der Waals surface area contributed by atoms with Crippen molar-refractivity contribution in [2.75, 3.05) is 14.2 Å². The van der Waals surface area contributed by atoms with Gasteiger partial charge in [-0.1, -0.05) is 15.9 Å². The maximum absolute atomic E-state index is 11.5. The molecule has 5 heteroatoms. The molecule has 1 aliphatic carbocycles. The summed E-state index contributed by atoms with van der Waals surface area (Å²) >= 11 is 3.40. The highest BCUT2D eigenvalue weighted by Crippen LogP contribution is 2.53. The van der Waals surface area contributed by atoms with Gasteiger partial charge in [0.25, 0.3) is 0 Å². The molecule has 0 unspecified atom stereocenters. The van der Waals surface area contributed by atoms with E-state index in [0.29, 0.717) is 25.2 Å². The fraction of sp³-hybridized carbons (Fsp3) is 0.462. The Labute approximate surface area is 114 Å². The number of hydrogen-bond acceptors (Lipinski definition) is 3. The Hall–Kier alpha value is -1.07. The van der Waals surface area contributed by atoms with E-state index >= 15 is 0 Å². The number of carboxylic acids is 1. The van der Waals surface area contributed by atoms with E-state index in [0.717, 1.165) is 15.6 Å². The average Bonchev–Trinajstić information content (AvgIpc) is 3.09. The highest BCUT2D eigenvalue weighted by Gasteiger charge is 2.54. The van der Waals surface area contributed by atoms with E-state index in [2.05, 4.69) is 15.9 Å². The van der Waals surface area contributed by atoms with Crippen molar-refractivity contribution in [2.24, 2.45) is 0 Å². The van der Waals surface area contributed by atoms with Crippen LogP contribution >= 0.6 is 15.9 Å². The number of hydrogen-bond donors (Lipinski definition) is 1. The molecule has 1 aromatic carbocycles. The average molecular weight is 315 g/mol. The standard InChI is InChI=1S/C13H15BrO4/c1-17-7-8-5-9(14)6-10(18-2)11(8)13(3-4-13)12(15)16/h5-6H,3-4,7H2,1-2H3,(H,15,16). The summed E-state index contributed by atoms with van der Waals surface area (Å²) in [6.07, 6.45) is 1.30. The first-order valence-electron chi connectivity index (χ1n) is 5.64. The molecule has 0 aromatic heterocycles. The van der Waals surface area contributed by atoms with E-state index in [1.807, 2.05) is 6.07 Å². The van der Waals surface area contributed by atoms with E-state index in [1.165, 1.54) is 0 Å². The van der Waals surface area contributed by atoms with Crippen LogP contribution in [-0.4, -0.2) is 25.3 Å². The fourth-order valence-corrected chi connectivity index (χ4v) is 2.79. The van der Waals surface area contributed by atoms with E-state index in [-0.39, 0.29) is 0 Å². The third kappa shape index (κ3) is 2.12. The first-order chi connectivity index (χ1) is 8.55. The molecule has 1 N–H and O–H groups in total. The lowest BCUT2D eigenvalue weighted by Gasteiger charge is -2.19. The second-order valence-corrected chi connectivity index (χ2v) is 5.38. The molecule has 0 amide bonds. The molecular weight excluding hydrogens is 300 g/mol. The van der Waals surface area contributed by atoms with Crippen molar-refractivity contribution in [3.05, 3.63) is 27.7 Å². The van der Waals surface area contributed by atoms with Crippen molar-refractivity contribution in [1.82, 2.24) is 0 Å². The zero-order valence-electron chi connectivity index (χ0n) is 10.3. The smallest absolute Gasteiger partial charge is 0.314 e. The van der Waals surface area contributed by atoms with Crippen molar-refractivity contribution in [2.45, 2.75) is 24.9 Å². The number of rotatable bonds is 5. The first-order valence-corrected chi connectivity index (χ1v) is 6.43. The van der Waals surface area contributed by atoms with Crippen molar-refractivity contribution in [3.63, 3.8) is 0 Å². The number of methoxy groups -OCH3 is 2. The summed E-state index contributed by atoms with van der Waals surface area (Å²) in [6.45, 7) is 0.375. The number of carbonyl (C=O) groups is 1. The predicted octanol–water partition coefficient (Wildman–Crippen LogP) is 2.72. The maximum atomic E-state index is 11.5. The lowest BCUT2D eigenvalue weighted by atomic mass is 9.90. The minimum Gasteiger partial charge on any atom is -0.496 e. The van der Waals surface area contributed by atoms with Crippen LogP contribution in [0.15, 0.2) is 16.6 Å². The van der Waals surface area contributed by atoms with Crippen LogP contribution < -0.4 is 4.74 Å². The van der Waals surface area contributed by atoms with Gasteiger partial charge < -0.3 is 14.6 Å². The van der Waals surface area contributed by atoms with Gasteiger partial charge in [0, 0.05) is 17.1 Å². The van der Waals surface area contributed by atoms with Gasteiger partial charge in [0.05, 0.1) is 19.1 Å². The Morgan fingerprint density at radius 1 is 1.44 bits per heavy atom. The number of halogens is 1. The number of ether oxygens (including phenoxy) is 2. The Kier molecular flexibility index (Phi) is 3.64. The lowest BCUT2D eigenvalue weighted by molar-refractivity contribution is -0.140. The molecule has 0 spiro atoms. The predicted molar refractivity (Wildman–Crippen MR) is 70.0 cm³/mol. The monoisotopic (exact) mass is 314 g/mol. The normalized spacial score (nSPS) is 16.4. The van der Waals surface area contributed by atoms with Crippen LogP contribution in [0.25, 0.3) is 0 Å². The molecule has 1 fully saturated rings. The second kappa shape index (κ2) is 4.90. The second-order valence-electron chi connectivity index (χ2n) is 4.46. The third-order valence-electron chi connectivity index (χ3n) is 3.31. The van der Waals surface area contributed by atoms with Crippen LogP contribution in [0.5, 0.6) is 5.75 Å². The van der Waals surface area contributed by atoms with E-state index in [4.69, 9.17) is 9.47 Å². The van der Waals surface area contributed by atoms with Crippen LogP contribution in [0.1, 0.15) is 24.0 Å². The van der Waals surface area contributed by atoms with Gasteiger partial charge in [0.15, 0.2) is 0 Å². The molecule has 0 bridgehead atoms. The van der Waals surface area contributed by atoms with Gasteiger partial charge in [0.1, 0.15) is 5.75 Å².